The van der Waals surface area contributed by atoms with Gasteiger partial charge in [0, 0.05) is 5.15 Å². The molecule has 0 radical (unpaired) electrons. The molecule has 0 fully saturated rings. The van der Waals surface area contributed by atoms with E-state index in [-0.39, 0.29) is 18.6 Å². The summed E-state index contributed by atoms with van der Waals surface area (Å²) >= 11 is 0. The molecule has 0 unspecified atom stereocenters. The summed E-state index contributed by atoms with van der Waals surface area (Å²) in [4.78, 5) is 0. The molecule has 4 heteroatoms. The van der Waals surface area contributed by atoms with Gasteiger partial charge < -0.3 is 0 Å². The molecular weight excluding hydrogens is 105 g/mol. The van der Waals surface area contributed by atoms with Crippen LogP contribution in [-0.2, 0) is 23.7 Å². The van der Waals surface area contributed by atoms with E-state index < -0.39 is 0 Å². The second-order valence-electron chi connectivity index (χ2n) is 0.0583. The SMILES string of the molecule is FOF.[V+5]. The number of halogens is 2. The summed E-state index contributed by atoms with van der Waals surface area (Å²) in [5, 5.41) is 1.25. The minimum Gasteiger partial charge on any atom is -0.0104 e. The third-order valence-electron chi connectivity index (χ3n) is 0. The predicted molar refractivity (Wildman–Crippen MR) is 3.30 cm³/mol. The van der Waals surface area contributed by atoms with Gasteiger partial charge in [-0.05, 0) is 9.05 Å². The molecule has 0 saturated carbocycles. The van der Waals surface area contributed by atoms with Gasteiger partial charge in [-0.3, -0.25) is 0 Å². The number of rotatable bonds is 0. The van der Waals surface area contributed by atoms with E-state index in [1.54, 1.807) is 0 Å². The van der Waals surface area contributed by atoms with E-state index >= 15 is 0 Å². The predicted octanol–water partition coefficient (Wildman–Crippen LogP) is 0.770. The molecule has 0 heterocycles. The number of hydrogen-bond donors (Lipinski definition) is 0. The molecule has 0 aliphatic carbocycles. The first-order chi connectivity index (χ1) is 1.41. The fraction of sp³-hybridized carbons (Fsp3) is 0. The Morgan fingerprint density at radius 2 is 1.25 bits per heavy atom. The zero-order chi connectivity index (χ0) is 2.71. The molecule has 20 valence electrons. The molecular formula is F2OV+5. The summed E-state index contributed by atoms with van der Waals surface area (Å²) < 4.78 is 18.2. The van der Waals surface area contributed by atoms with E-state index in [0.29, 0.717) is 0 Å². The Hall–Kier alpha value is 0.404. The minimum atomic E-state index is 0. The first-order valence-electron chi connectivity index (χ1n) is 0.309. The maximum Gasteiger partial charge on any atom is 5.00 e. The second kappa shape index (κ2) is 9.98. The van der Waals surface area contributed by atoms with Crippen molar-refractivity contribution in [1.82, 2.24) is 0 Å². The smallest absolute Gasteiger partial charge is 0.0104 e. The van der Waals surface area contributed by atoms with Crippen LogP contribution in [-0.4, -0.2) is 0 Å². The molecule has 1 nitrogen and oxygen atoms in total. The Kier molecular flexibility index (Phi) is 22.0. The fourth-order valence-electron chi connectivity index (χ4n) is 0. The molecule has 0 aliphatic heterocycles. The van der Waals surface area contributed by atoms with Crippen molar-refractivity contribution in [2.24, 2.45) is 0 Å². The fourth-order valence-corrected chi connectivity index (χ4v) is 0. The van der Waals surface area contributed by atoms with E-state index in [1.807, 2.05) is 0 Å². The van der Waals surface area contributed by atoms with Gasteiger partial charge in [-0.25, -0.2) is 0 Å². The molecule has 4 heavy (non-hydrogen) atoms. The van der Waals surface area contributed by atoms with Gasteiger partial charge in [0.15, 0.2) is 0 Å². The van der Waals surface area contributed by atoms with Crippen LogP contribution in [0.1, 0.15) is 0 Å². The molecule has 0 aromatic heterocycles. The van der Waals surface area contributed by atoms with Crippen LogP contribution in [0.2, 0.25) is 0 Å². The van der Waals surface area contributed by atoms with E-state index in [2.05, 4.69) is 0 Å². The van der Waals surface area contributed by atoms with E-state index in [9.17, 15) is 0 Å². The molecule has 0 rings (SSSR count). The largest absolute Gasteiger partial charge is 5.00 e. The van der Waals surface area contributed by atoms with Crippen LogP contribution in [0.15, 0.2) is 0 Å². The van der Waals surface area contributed by atoms with Gasteiger partial charge in [0.1, 0.15) is 0 Å². The van der Waals surface area contributed by atoms with Gasteiger partial charge in [-0.1, -0.05) is 0 Å². The van der Waals surface area contributed by atoms with Crippen LogP contribution in [0.5, 0.6) is 0 Å². The van der Waals surface area contributed by atoms with Crippen LogP contribution in [0.25, 0.3) is 0 Å². The van der Waals surface area contributed by atoms with Crippen molar-refractivity contribution in [2.75, 3.05) is 0 Å². The molecule has 0 aliphatic rings. The maximum absolute atomic E-state index is 9.12. The van der Waals surface area contributed by atoms with Gasteiger partial charge in [0.2, 0.25) is 0 Å². The third kappa shape index (κ3) is 29.0. The van der Waals surface area contributed by atoms with Crippen LogP contribution < -0.4 is 0 Å². The van der Waals surface area contributed by atoms with Crippen molar-refractivity contribution >= 4 is 0 Å². The summed E-state index contributed by atoms with van der Waals surface area (Å²) in [5.41, 5.74) is 0. The van der Waals surface area contributed by atoms with Crippen molar-refractivity contribution in [3.63, 3.8) is 0 Å². The second-order valence-corrected chi connectivity index (χ2v) is 0.0583. The number of hydrogen-bond acceptors (Lipinski definition) is 1. The molecule has 0 amide bonds. The molecule has 0 spiro atoms. The molecule has 0 atom stereocenters. The maximum atomic E-state index is 9.12. The summed E-state index contributed by atoms with van der Waals surface area (Å²) in [7, 11) is 0. The van der Waals surface area contributed by atoms with E-state index in [0.717, 1.165) is 0 Å². The first kappa shape index (κ1) is 8.83. The Balaban J connectivity index is 0. The minimum absolute atomic E-state index is 0. The standard InChI is InChI=1S/F2O.V/c1-3-2;/q;+5. The van der Waals surface area contributed by atoms with Crippen LogP contribution in [0.3, 0.4) is 0 Å². The Morgan fingerprint density at radius 1 is 1.25 bits per heavy atom. The van der Waals surface area contributed by atoms with Crippen LogP contribution in [0.4, 0.5) is 9.05 Å². The summed E-state index contributed by atoms with van der Waals surface area (Å²) in [6.45, 7) is 0. The van der Waals surface area contributed by atoms with Crippen molar-refractivity contribution in [3.8, 4) is 0 Å². The van der Waals surface area contributed by atoms with Crippen molar-refractivity contribution < 1.29 is 32.8 Å². The quantitative estimate of drug-likeness (QED) is 0.442. The van der Waals surface area contributed by atoms with Gasteiger partial charge in [0.05, 0.1) is 0 Å². The van der Waals surface area contributed by atoms with E-state index in [4.69, 9.17) is 9.05 Å². The molecule has 0 aromatic rings. The molecule has 0 aromatic carbocycles. The molecule has 0 N–H and O–H groups in total. The zero-order valence-corrected chi connectivity index (χ0v) is 3.01. The van der Waals surface area contributed by atoms with Crippen molar-refractivity contribution in [1.29, 1.82) is 0 Å². The van der Waals surface area contributed by atoms with Crippen molar-refractivity contribution in [3.05, 3.63) is 0 Å². The normalized spacial score (nSPS) is 4.50. The first-order valence-corrected chi connectivity index (χ1v) is 0.309. The van der Waals surface area contributed by atoms with Gasteiger partial charge in [-0.15, -0.1) is 0 Å². The van der Waals surface area contributed by atoms with Gasteiger partial charge in [-0.2, -0.15) is 0 Å². The topological polar surface area (TPSA) is 9.23 Å². The van der Waals surface area contributed by atoms with Gasteiger partial charge >= 0.3 is 18.6 Å². The monoisotopic (exact) mass is 105 g/mol. The molecule has 0 bridgehead atoms. The van der Waals surface area contributed by atoms with Crippen LogP contribution >= 0.6 is 0 Å². The summed E-state index contributed by atoms with van der Waals surface area (Å²) in [6, 6.07) is 0. The third-order valence-corrected chi connectivity index (χ3v) is 0. The summed E-state index contributed by atoms with van der Waals surface area (Å²) in [5.74, 6) is 0. The summed E-state index contributed by atoms with van der Waals surface area (Å²) in [6.07, 6.45) is 0. The van der Waals surface area contributed by atoms with Gasteiger partial charge in [0.25, 0.3) is 0 Å². The average molecular weight is 105 g/mol. The molecule has 0 saturated heterocycles. The van der Waals surface area contributed by atoms with Crippen LogP contribution in [0, 0.1) is 0 Å². The average Bonchev–Trinajstić information content (AvgIpc) is 0.918. The Labute approximate surface area is 33.6 Å². The Morgan fingerprint density at radius 3 is 1.25 bits per heavy atom. The Bertz CT molecular complexity index is 6.00. The van der Waals surface area contributed by atoms with Crippen molar-refractivity contribution in [2.45, 2.75) is 0 Å². The van der Waals surface area contributed by atoms with E-state index in [1.165, 1.54) is 5.15 Å². The zero-order valence-electron chi connectivity index (χ0n) is 1.61.